The number of aliphatic hydroxyl groups excluding tert-OH is 1. The number of aliphatic hydroxyl groups is 1. The predicted molar refractivity (Wildman–Crippen MR) is 112 cm³/mol. The van der Waals surface area contributed by atoms with Crippen LogP contribution in [0.1, 0.15) is 42.6 Å². The van der Waals surface area contributed by atoms with Crippen molar-refractivity contribution in [2.24, 2.45) is 4.99 Å². The van der Waals surface area contributed by atoms with E-state index in [1.54, 1.807) is 10.6 Å². The molecular weight excluding hydrogens is 447 g/mol. The van der Waals surface area contributed by atoms with Gasteiger partial charge in [-0.1, -0.05) is 24.7 Å². The lowest BCUT2D eigenvalue weighted by molar-refractivity contribution is -0.604. The number of pyridine rings is 1. The maximum absolute atomic E-state index is 13.2. The normalized spacial score (nSPS) is 13.5. The molecule has 0 saturated heterocycles. The Labute approximate surface area is 185 Å². The summed E-state index contributed by atoms with van der Waals surface area (Å²) in [5.74, 6) is -1.02. The van der Waals surface area contributed by atoms with Crippen LogP contribution in [0.4, 0.5) is 13.2 Å². The minimum atomic E-state index is -4.65. The first-order valence-corrected chi connectivity index (χ1v) is 10.7. The Morgan fingerprint density at radius 2 is 2.12 bits per heavy atom. The second-order valence-electron chi connectivity index (χ2n) is 7.23. The monoisotopic (exact) mass is 469 g/mol. The van der Waals surface area contributed by atoms with Gasteiger partial charge in [0.05, 0.1) is 21.9 Å². The van der Waals surface area contributed by atoms with Gasteiger partial charge in [-0.2, -0.15) is 22.9 Å². The molecule has 0 aliphatic rings. The molecule has 0 bridgehead atoms. The number of rotatable bonds is 7. The van der Waals surface area contributed by atoms with E-state index in [1.807, 2.05) is 6.92 Å². The summed E-state index contributed by atoms with van der Waals surface area (Å²) >= 11 is 1.16. The number of alkyl halides is 3. The van der Waals surface area contributed by atoms with Gasteiger partial charge in [-0.05, 0) is 31.5 Å². The standard InChI is InChI=1S/C21H22F3N3O4S/c1-3-4-8-27-16-11-26(30)9-7-18(16)32-20(27)25-19(29)15-10-14(21(22,23)24)5-6-17(15)31-12-13(2)28/h5-7,9-11,13,28H,3-4,8,12H2,1-2H3/b25-20-/t13-/m0/s1. The Morgan fingerprint density at radius 1 is 1.38 bits per heavy atom. The molecule has 1 N–H and O–H groups in total. The summed E-state index contributed by atoms with van der Waals surface area (Å²) in [7, 11) is 0. The van der Waals surface area contributed by atoms with Crippen LogP contribution in [0.25, 0.3) is 10.2 Å². The molecule has 0 fully saturated rings. The number of nitrogens with zero attached hydrogens (tertiary/aromatic N) is 3. The minimum absolute atomic E-state index is 0.105. The van der Waals surface area contributed by atoms with Crippen LogP contribution < -0.4 is 14.3 Å². The van der Waals surface area contributed by atoms with Gasteiger partial charge in [0.25, 0.3) is 5.91 Å². The first-order chi connectivity index (χ1) is 15.1. The lowest BCUT2D eigenvalue weighted by atomic mass is 10.1. The number of benzene rings is 1. The smallest absolute Gasteiger partial charge is 0.416 e. The Hall–Kier alpha value is -2.92. The Balaban J connectivity index is 2.13. The van der Waals surface area contributed by atoms with Gasteiger partial charge in [0.15, 0.2) is 11.0 Å². The molecule has 1 amide bonds. The van der Waals surface area contributed by atoms with Gasteiger partial charge < -0.3 is 19.6 Å². The van der Waals surface area contributed by atoms with E-state index in [0.717, 1.165) is 41.0 Å². The van der Waals surface area contributed by atoms with E-state index in [0.29, 0.717) is 22.9 Å². The van der Waals surface area contributed by atoms with Crippen molar-refractivity contribution in [3.63, 3.8) is 0 Å². The molecule has 1 aromatic carbocycles. The number of carbonyl (C=O) groups excluding carboxylic acids is 1. The van der Waals surface area contributed by atoms with Crippen molar-refractivity contribution in [1.29, 1.82) is 0 Å². The number of hydrogen-bond acceptors (Lipinski definition) is 5. The van der Waals surface area contributed by atoms with Gasteiger partial charge in [0, 0.05) is 12.6 Å². The third-order valence-corrected chi connectivity index (χ3v) is 5.61. The van der Waals surface area contributed by atoms with Crippen molar-refractivity contribution in [3.8, 4) is 5.75 Å². The zero-order valence-corrected chi connectivity index (χ0v) is 18.2. The molecule has 3 aromatic rings. The number of carbonyl (C=O) groups is 1. The van der Waals surface area contributed by atoms with Crippen LogP contribution in [0.3, 0.4) is 0 Å². The molecule has 0 aliphatic carbocycles. The molecule has 3 rings (SSSR count). The first kappa shape index (κ1) is 23.7. The zero-order chi connectivity index (χ0) is 23.5. The molecule has 0 spiro atoms. The summed E-state index contributed by atoms with van der Waals surface area (Å²) < 4.78 is 48.1. The maximum atomic E-state index is 13.2. The summed E-state index contributed by atoms with van der Waals surface area (Å²) in [5.41, 5.74) is -0.788. The number of aromatic nitrogens is 2. The Morgan fingerprint density at radius 3 is 2.78 bits per heavy atom. The van der Waals surface area contributed by atoms with E-state index >= 15 is 0 Å². The molecule has 2 aromatic heterocycles. The van der Waals surface area contributed by atoms with E-state index in [1.165, 1.54) is 19.3 Å². The SMILES string of the molecule is CCCCn1/c(=N/C(=O)c2cc(C(F)(F)F)ccc2OC[C@H](C)O)sc2cc[n+]([O-])cc21. The topological polar surface area (TPSA) is 90.8 Å². The molecule has 11 heteroatoms. The van der Waals surface area contributed by atoms with Crippen molar-refractivity contribution in [1.82, 2.24) is 4.57 Å². The van der Waals surface area contributed by atoms with Gasteiger partial charge >= 0.3 is 6.18 Å². The highest BCUT2D eigenvalue weighted by molar-refractivity contribution is 7.16. The van der Waals surface area contributed by atoms with E-state index in [4.69, 9.17) is 4.74 Å². The quantitative estimate of drug-likeness (QED) is 0.422. The fraction of sp³-hybridized carbons (Fsp3) is 0.381. The van der Waals surface area contributed by atoms with Crippen molar-refractivity contribution in [2.75, 3.05) is 6.61 Å². The van der Waals surface area contributed by atoms with Gasteiger partial charge in [-0.25, -0.2) is 0 Å². The number of unbranched alkanes of at least 4 members (excludes halogenated alkanes) is 1. The lowest BCUT2D eigenvalue weighted by Crippen LogP contribution is -2.25. The fourth-order valence-electron chi connectivity index (χ4n) is 2.97. The van der Waals surface area contributed by atoms with Crippen LogP contribution in [-0.2, 0) is 12.7 Å². The highest BCUT2D eigenvalue weighted by Crippen LogP contribution is 2.33. The predicted octanol–water partition coefficient (Wildman–Crippen LogP) is 3.66. The molecular formula is C21H22F3N3O4S. The van der Waals surface area contributed by atoms with Gasteiger partial charge in [0.2, 0.25) is 6.20 Å². The average molecular weight is 469 g/mol. The molecule has 2 heterocycles. The number of amides is 1. The Bertz CT molecular complexity index is 1190. The number of thiazole rings is 1. The number of halogens is 3. The van der Waals surface area contributed by atoms with Gasteiger partial charge in [-0.3, -0.25) is 4.79 Å². The average Bonchev–Trinajstić information content (AvgIpc) is 3.05. The van der Waals surface area contributed by atoms with Crippen LogP contribution in [0.5, 0.6) is 5.75 Å². The Kier molecular flexibility index (Phi) is 7.19. The molecule has 32 heavy (non-hydrogen) atoms. The third-order valence-electron chi connectivity index (χ3n) is 4.55. The van der Waals surface area contributed by atoms with Crippen LogP contribution in [0.15, 0.2) is 41.7 Å². The second kappa shape index (κ2) is 9.70. The number of aryl methyl sites for hydroxylation is 1. The largest absolute Gasteiger partial charge is 0.619 e. The third kappa shape index (κ3) is 5.46. The maximum Gasteiger partial charge on any atom is 0.416 e. The molecule has 7 nitrogen and oxygen atoms in total. The number of fused-ring (bicyclic) bond motifs is 1. The van der Waals surface area contributed by atoms with Crippen LogP contribution in [0, 0.1) is 5.21 Å². The van der Waals surface area contributed by atoms with Gasteiger partial charge in [-0.15, -0.1) is 0 Å². The highest BCUT2D eigenvalue weighted by Gasteiger charge is 2.32. The summed E-state index contributed by atoms with van der Waals surface area (Å²) in [6.45, 7) is 3.72. The summed E-state index contributed by atoms with van der Waals surface area (Å²) in [6.07, 6.45) is -1.23. The first-order valence-electron chi connectivity index (χ1n) is 9.93. The van der Waals surface area contributed by atoms with E-state index in [9.17, 15) is 28.3 Å². The molecule has 1 atom stereocenters. The highest BCUT2D eigenvalue weighted by atomic mass is 32.1. The van der Waals surface area contributed by atoms with Crippen molar-refractivity contribution >= 4 is 27.5 Å². The number of ether oxygens (including phenoxy) is 1. The molecule has 172 valence electrons. The van der Waals surface area contributed by atoms with Crippen LogP contribution >= 0.6 is 11.3 Å². The van der Waals surface area contributed by atoms with Crippen molar-refractivity contribution < 1.29 is 32.5 Å². The summed E-state index contributed by atoms with van der Waals surface area (Å²) in [6, 6.07) is 4.14. The summed E-state index contributed by atoms with van der Waals surface area (Å²) in [5, 5.41) is 21.2. The van der Waals surface area contributed by atoms with E-state index < -0.39 is 23.8 Å². The van der Waals surface area contributed by atoms with Gasteiger partial charge in [0.1, 0.15) is 17.9 Å². The van der Waals surface area contributed by atoms with Crippen LogP contribution in [0.2, 0.25) is 0 Å². The summed E-state index contributed by atoms with van der Waals surface area (Å²) in [4.78, 5) is 17.3. The fourth-order valence-corrected chi connectivity index (χ4v) is 3.99. The van der Waals surface area contributed by atoms with Crippen molar-refractivity contribution in [2.45, 2.75) is 45.5 Å². The molecule has 0 saturated carbocycles. The minimum Gasteiger partial charge on any atom is -0.619 e. The molecule has 0 unspecified atom stereocenters. The number of hydrogen-bond donors (Lipinski definition) is 1. The second-order valence-corrected chi connectivity index (χ2v) is 8.24. The molecule has 0 radical (unpaired) electrons. The van der Waals surface area contributed by atoms with Crippen LogP contribution in [-0.4, -0.2) is 28.3 Å². The van der Waals surface area contributed by atoms with Crippen molar-refractivity contribution in [3.05, 3.63) is 57.8 Å². The molecule has 0 aliphatic heterocycles. The van der Waals surface area contributed by atoms with E-state index in [-0.39, 0.29) is 22.7 Å². The zero-order valence-electron chi connectivity index (χ0n) is 17.4. The van der Waals surface area contributed by atoms with E-state index in [2.05, 4.69) is 4.99 Å². The lowest BCUT2D eigenvalue weighted by Gasteiger charge is -2.13.